The number of carbonyl (C=O) groups excluding carboxylic acids is 2. The van der Waals surface area contributed by atoms with E-state index in [2.05, 4.69) is 15.3 Å². The number of hydrogen-bond acceptors (Lipinski definition) is 9. The molecule has 0 saturated carbocycles. The molecule has 0 radical (unpaired) electrons. The number of fused-ring (bicyclic) bond motifs is 1. The van der Waals surface area contributed by atoms with Crippen molar-refractivity contribution in [1.29, 1.82) is 0 Å². The van der Waals surface area contributed by atoms with E-state index in [1.165, 1.54) is 0 Å². The molecule has 3 aromatic rings. The normalized spacial score (nSPS) is 21.0. The highest BCUT2D eigenvalue weighted by atomic mass is 35.5. The Bertz CT molecular complexity index is 1550. The molecule has 3 atom stereocenters. The lowest BCUT2D eigenvalue weighted by atomic mass is 10.1. The van der Waals surface area contributed by atoms with Gasteiger partial charge in [0.05, 0.1) is 10.7 Å². The monoisotopic (exact) mass is 627 g/mol. The predicted molar refractivity (Wildman–Crippen MR) is 169 cm³/mol. The van der Waals surface area contributed by atoms with Crippen molar-refractivity contribution in [3.05, 3.63) is 47.1 Å². The summed E-state index contributed by atoms with van der Waals surface area (Å²) in [6, 6.07) is 10.5. The number of benzene rings is 2. The number of piperazine rings is 1. The summed E-state index contributed by atoms with van der Waals surface area (Å²) < 4.78 is 25.5. The van der Waals surface area contributed by atoms with Crippen LogP contribution in [0.4, 0.5) is 26.4 Å². The number of hydrogen-bond donors (Lipinski definition) is 2. The smallest absolute Gasteiger partial charge is 0.410 e. The third kappa shape index (κ3) is 6.91. The zero-order valence-electron chi connectivity index (χ0n) is 25.6. The number of likely N-dealkylation sites (tertiary alicyclic amines) is 1. The SMILES string of the molecule is C[C@H]1CN(C(=O)OC(C)(C)C)CCN1c1nc(OC[C@@H]2C[C@@H](F)CN2C)nc(C(=O)Nc2cccc3cccc(Cl)c23)c1N. The van der Waals surface area contributed by atoms with Gasteiger partial charge in [-0.2, -0.15) is 9.97 Å². The Morgan fingerprint density at radius 3 is 2.52 bits per heavy atom. The summed E-state index contributed by atoms with van der Waals surface area (Å²) in [5.41, 5.74) is 6.49. The van der Waals surface area contributed by atoms with Crippen LogP contribution in [-0.2, 0) is 4.74 Å². The second-order valence-electron chi connectivity index (χ2n) is 12.4. The first-order valence-corrected chi connectivity index (χ1v) is 15.1. The number of rotatable bonds is 6. The Morgan fingerprint density at radius 2 is 1.86 bits per heavy atom. The minimum Gasteiger partial charge on any atom is -0.462 e. The molecule has 2 aliphatic heterocycles. The second kappa shape index (κ2) is 12.6. The summed E-state index contributed by atoms with van der Waals surface area (Å²) in [4.78, 5) is 41.0. The molecule has 13 heteroatoms. The number of nitrogens with zero attached hydrogens (tertiary/aromatic N) is 5. The molecule has 5 rings (SSSR count). The summed E-state index contributed by atoms with van der Waals surface area (Å²) in [6.07, 6.45) is -1.01. The quantitative estimate of drug-likeness (QED) is 0.389. The van der Waals surface area contributed by atoms with Crippen LogP contribution in [0.2, 0.25) is 5.02 Å². The second-order valence-corrected chi connectivity index (χ2v) is 12.8. The van der Waals surface area contributed by atoms with Crippen LogP contribution >= 0.6 is 11.6 Å². The van der Waals surface area contributed by atoms with E-state index >= 15 is 0 Å². The molecule has 2 aromatic carbocycles. The summed E-state index contributed by atoms with van der Waals surface area (Å²) >= 11 is 6.49. The molecule has 3 N–H and O–H groups in total. The number of amides is 2. The molecule has 2 amide bonds. The summed E-state index contributed by atoms with van der Waals surface area (Å²) in [5, 5.41) is 4.95. The largest absolute Gasteiger partial charge is 0.462 e. The Hall–Kier alpha value is -3.90. The van der Waals surface area contributed by atoms with E-state index in [0.29, 0.717) is 54.5 Å². The molecule has 2 fully saturated rings. The average Bonchev–Trinajstić information content (AvgIpc) is 3.28. The van der Waals surface area contributed by atoms with Gasteiger partial charge in [-0.05, 0) is 58.7 Å². The Kier molecular flexibility index (Phi) is 9.03. The van der Waals surface area contributed by atoms with Crippen LogP contribution in [-0.4, -0.2) is 95.5 Å². The van der Waals surface area contributed by atoms with Crippen molar-refractivity contribution in [2.45, 2.75) is 58.0 Å². The van der Waals surface area contributed by atoms with Gasteiger partial charge in [0.1, 0.15) is 24.1 Å². The summed E-state index contributed by atoms with van der Waals surface area (Å²) in [7, 11) is 1.84. The zero-order chi connectivity index (χ0) is 31.8. The topological polar surface area (TPSA) is 126 Å². The van der Waals surface area contributed by atoms with E-state index in [1.54, 1.807) is 17.0 Å². The maximum atomic E-state index is 14.0. The minimum atomic E-state index is -0.938. The first-order chi connectivity index (χ1) is 20.8. The number of carbonyl (C=O) groups is 2. The van der Waals surface area contributed by atoms with E-state index in [9.17, 15) is 14.0 Å². The third-order valence-corrected chi connectivity index (χ3v) is 8.13. The highest BCUT2D eigenvalue weighted by Crippen LogP contribution is 2.33. The van der Waals surface area contributed by atoms with Crippen molar-refractivity contribution in [2.75, 3.05) is 55.8 Å². The van der Waals surface area contributed by atoms with Crippen LogP contribution in [0, 0.1) is 0 Å². The Morgan fingerprint density at radius 1 is 1.14 bits per heavy atom. The fourth-order valence-electron chi connectivity index (χ4n) is 5.62. The van der Waals surface area contributed by atoms with E-state index in [0.717, 1.165) is 5.39 Å². The maximum absolute atomic E-state index is 14.0. The zero-order valence-corrected chi connectivity index (χ0v) is 26.4. The molecule has 44 heavy (non-hydrogen) atoms. The third-order valence-electron chi connectivity index (χ3n) is 7.82. The van der Waals surface area contributed by atoms with Gasteiger partial charge in [0.25, 0.3) is 5.91 Å². The van der Waals surface area contributed by atoms with Gasteiger partial charge in [-0.1, -0.05) is 35.9 Å². The van der Waals surface area contributed by atoms with E-state index in [4.69, 9.17) is 26.8 Å². The van der Waals surface area contributed by atoms with Crippen LogP contribution in [0.5, 0.6) is 6.01 Å². The van der Waals surface area contributed by atoms with Gasteiger partial charge in [0, 0.05) is 43.6 Å². The number of alkyl halides is 1. The fraction of sp³-hybridized carbons (Fsp3) is 0.484. The lowest BCUT2D eigenvalue weighted by Crippen LogP contribution is -2.55. The first kappa shape index (κ1) is 31.5. The average molecular weight is 628 g/mol. The van der Waals surface area contributed by atoms with Gasteiger partial charge in [0.15, 0.2) is 11.5 Å². The molecule has 236 valence electrons. The van der Waals surface area contributed by atoms with Crippen molar-refractivity contribution in [1.82, 2.24) is 19.8 Å². The number of anilines is 3. The summed E-state index contributed by atoms with van der Waals surface area (Å²) in [6.45, 7) is 8.97. The number of halogens is 2. The van der Waals surface area contributed by atoms with Gasteiger partial charge in [-0.15, -0.1) is 0 Å². The molecule has 0 bridgehead atoms. The van der Waals surface area contributed by atoms with Crippen LogP contribution in [0.3, 0.4) is 0 Å². The fourth-order valence-corrected chi connectivity index (χ4v) is 5.90. The number of ether oxygens (including phenoxy) is 2. The van der Waals surface area contributed by atoms with Gasteiger partial charge >= 0.3 is 12.1 Å². The number of nitrogens with two attached hydrogens (primary N) is 1. The van der Waals surface area contributed by atoms with Crippen molar-refractivity contribution < 1.29 is 23.5 Å². The van der Waals surface area contributed by atoms with Crippen LogP contribution in [0.1, 0.15) is 44.6 Å². The van der Waals surface area contributed by atoms with Gasteiger partial charge in [-0.25, -0.2) is 9.18 Å². The molecule has 0 spiro atoms. The maximum Gasteiger partial charge on any atom is 0.410 e. The van der Waals surface area contributed by atoms with E-state index in [1.807, 2.05) is 68.8 Å². The van der Waals surface area contributed by atoms with Crippen molar-refractivity contribution in [3.8, 4) is 6.01 Å². The highest BCUT2D eigenvalue weighted by molar-refractivity contribution is 6.37. The molecule has 2 saturated heterocycles. The molecular formula is C31H39ClFN7O4. The molecule has 0 unspecified atom stereocenters. The van der Waals surface area contributed by atoms with Gasteiger partial charge in [-0.3, -0.25) is 9.69 Å². The number of nitrogens with one attached hydrogen (secondary N) is 1. The Balaban J connectivity index is 1.45. The Labute approximate surface area is 261 Å². The molecule has 3 heterocycles. The van der Waals surface area contributed by atoms with Crippen molar-refractivity contribution in [2.24, 2.45) is 0 Å². The van der Waals surface area contributed by atoms with Crippen LogP contribution < -0.4 is 20.7 Å². The first-order valence-electron chi connectivity index (χ1n) is 14.7. The molecular weight excluding hydrogens is 589 g/mol. The molecule has 11 nitrogen and oxygen atoms in total. The number of aromatic nitrogens is 2. The highest BCUT2D eigenvalue weighted by Gasteiger charge is 2.34. The van der Waals surface area contributed by atoms with Crippen LogP contribution in [0.25, 0.3) is 10.8 Å². The predicted octanol–water partition coefficient (Wildman–Crippen LogP) is 4.98. The molecule has 1 aromatic heterocycles. The van der Waals surface area contributed by atoms with E-state index in [-0.39, 0.29) is 36.1 Å². The molecule has 0 aliphatic carbocycles. The van der Waals surface area contributed by atoms with Crippen molar-refractivity contribution >= 4 is 51.6 Å². The van der Waals surface area contributed by atoms with E-state index < -0.39 is 23.8 Å². The van der Waals surface area contributed by atoms with Gasteiger partial charge in [0.2, 0.25) is 0 Å². The molecule has 2 aliphatic rings. The lowest BCUT2D eigenvalue weighted by Gasteiger charge is -2.41. The van der Waals surface area contributed by atoms with Crippen LogP contribution in [0.15, 0.2) is 36.4 Å². The lowest BCUT2D eigenvalue weighted by molar-refractivity contribution is 0.0218. The number of likely N-dealkylation sites (N-methyl/N-ethyl adjacent to an activating group) is 1. The van der Waals surface area contributed by atoms with Gasteiger partial charge < -0.3 is 30.3 Å². The number of nitrogen functional groups attached to an aromatic ring is 1. The summed E-state index contributed by atoms with van der Waals surface area (Å²) in [5.74, 6) is -0.249. The minimum absolute atomic E-state index is 0.0483. The standard InChI is InChI=1S/C31H39ClFN7O4/c1-18-15-39(30(42)44-31(2,3)4)12-13-40(18)27-25(34)26(36-29(37-27)43-17-21-14-20(33)16-38(21)5)28(41)35-23-11-7-9-19-8-6-10-22(32)24(19)23/h6-11,18,20-21H,12-17,34H2,1-5H3,(H,35,41)/t18-,20+,21-/m0/s1. The van der Waals surface area contributed by atoms with Crippen molar-refractivity contribution in [3.63, 3.8) is 0 Å².